The zero-order valence-corrected chi connectivity index (χ0v) is 19.0. The highest BCUT2D eigenvalue weighted by molar-refractivity contribution is 7.98. The van der Waals surface area contributed by atoms with Crippen molar-refractivity contribution >= 4 is 23.6 Å². The average Bonchev–Trinajstić information content (AvgIpc) is 3.39. The van der Waals surface area contributed by atoms with Crippen molar-refractivity contribution < 1.29 is 9.53 Å². The number of fused-ring (bicyclic) bond motifs is 1. The standard InChI is InChI=1S/C24H26N4O2S/c1-5-17-6-7-21(30-4)22(10-17)31-27-24-23-15(2)8-18(9-19(23)11-25-24)13-28-14-20(12-26-28)16(3)29/h6-10,12,14H,5,11,13H2,1-4H3,(H,25,27). The molecular formula is C24H26N4O2S. The van der Waals surface area contributed by atoms with Crippen molar-refractivity contribution in [2.24, 2.45) is 4.99 Å². The van der Waals surface area contributed by atoms with E-state index in [0.717, 1.165) is 34.0 Å². The molecule has 3 aromatic rings. The molecule has 1 aromatic heterocycles. The van der Waals surface area contributed by atoms with Crippen molar-refractivity contribution in [3.63, 3.8) is 0 Å². The Kier molecular flexibility index (Phi) is 6.13. The van der Waals surface area contributed by atoms with Crippen LogP contribution in [0.15, 0.2) is 52.6 Å². The molecule has 7 heteroatoms. The highest BCUT2D eigenvalue weighted by atomic mass is 32.2. The lowest BCUT2D eigenvalue weighted by atomic mass is 9.99. The van der Waals surface area contributed by atoms with E-state index in [1.54, 1.807) is 31.1 Å². The number of methoxy groups -OCH3 is 1. The van der Waals surface area contributed by atoms with E-state index in [1.807, 2.05) is 6.07 Å². The molecule has 1 aliphatic rings. The summed E-state index contributed by atoms with van der Waals surface area (Å²) < 4.78 is 10.8. The summed E-state index contributed by atoms with van der Waals surface area (Å²) in [6, 6.07) is 10.6. The minimum absolute atomic E-state index is 0.0269. The van der Waals surface area contributed by atoms with Crippen LogP contribution < -0.4 is 9.46 Å². The Morgan fingerprint density at radius 2 is 2.10 bits per heavy atom. The van der Waals surface area contributed by atoms with Crippen molar-refractivity contribution in [3.8, 4) is 5.75 Å². The maximum Gasteiger partial charge on any atom is 0.162 e. The van der Waals surface area contributed by atoms with Crippen molar-refractivity contribution in [3.05, 3.63) is 76.1 Å². The lowest BCUT2D eigenvalue weighted by molar-refractivity contribution is 0.101. The van der Waals surface area contributed by atoms with Crippen LogP contribution in [0.25, 0.3) is 0 Å². The molecule has 0 aliphatic carbocycles. The molecule has 2 aromatic carbocycles. The van der Waals surface area contributed by atoms with Crippen molar-refractivity contribution in [1.29, 1.82) is 0 Å². The number of hydrogen-bond acceptors (Lipinski definition) is 6. The summed E-state index contributed by atoms with van der Waals surface area (Å²) in [5.74, 6) is 1.77. The molecule has 0 fully saturated rings. The van der Waals surface area contributed by atoms with Gasteiger partial charge in [0.05, 0.1) is 36.9 Å². The van der Waals surface area contributed by atoms with Crippen LogP contribution in [0.1, 0.15) is 52.0 Å². The Balaban J connectivity index is 1.50. The van der Waals surface area contributed by atoms with Gasteiger partial charge in [0.1, 0.15) is 11.6 Å². The highest BCUT2D eigenvalue weighted by Crippen LogP contribution is 2.31. The summed E-state index contributed by atoms with van der Waals surface area (Å²) in [4.78, 5) is 17.3. The van der Waals surface area contributed by atoms with Gasteiger partial charge in [-0.05, 0) is 66.6 Å². The number of carbonyl (C=O) groups excluding carboxylic acids is 1. The number of carbonyl (C=O) groups is 1. The number of aliphatic imine (C=N–C) groups is 1. The SMILES string of the molecule is CCc1ccc(OC)c(SNC2=NCc3cc(Cn4cc(C(C)=O)cn4)cc(C)c32)c1. The van der Waals surface area contributed by atoms with Gasteiger partial charge in [-0.2, -0.15) is 5.10 Å². The molecule has 0 saturated carbocycles. The fourth-order valence-corrected chi connectivity index (χ4v) is 4.60. The Morgan fingerprint density at radius 3 is 2.81 bits per heavy atom. The first-order chi connectivity index (χ1) is 15.0. The second kappa shape index (κ2) is 8.98. The van der Waals surface area contributed by atoms with E-state index in [9.17, 15) is 4.79 Å². The molecule has 2 heterocycles. The van der Waals surface area contributed by atoms with Gasteiger partial charge in [-0.15, -0.1) is 0 Å². The molecule has 4 rings (SSSR count). The first-order valence-corrected chi connectivity index (χ1v) is 11.1. The van der Waals surface area contributed by atoms with E-state index in [-0.39, 0.29) is 5.78 Å². The third kappa shape index (κ3) is 4.51. The number of nitrogens with zero attached hydrogens (tertiary/aromatic N) is 3. The Labute approximate surface area is 186 Å². The van der Waals surface area contributed by atoms with Crippen molar-refractivity contribution in [2.45, 2.75) is 45.2 Å². The molecule has 160 valence electrons. The molecule has 0 amide bonds. The van der Waals surface area contributed by atoms with Gasteiger partial charge in [0, 0.05) is 11.8 Å². The van der Waals surface area contributed by atoms with E-state index in [4.69, 9.17) is 9.73 Å². The quantitative estimate of drug-likeness (QED) is 0.436. The van der Waals surface area contributed by atoms with Gasteiger partial charge in [0.25, 0.3) is 0 Å². The number of ether oxygens (including phenoxy) is 1. The second-order valence-corrected chi connectivity index (χ2v) is 8.49. The largest absolute Gasteiger partial charge is 0.496 e. The van der Waals surface area contributed by atoms with Crippen LogP contribution >= 0.6 is 11.9 Å². The number of aromatic nitrogens is 2. The number of Topliss-reactive ketones (excluding diaryl/α,β-unsaturated/α-hetero) is 1. The number of hydrogen-bond donors (Lipinski definition) is 1. The molecule has 0 saturated heterocycles. The van der Waals surface area contributed by atoms with Gasteiger partial charge in [0.15, 0.2) is 5.78 Å². The van der Waals surface area contributed by atoms with Crippen LogP contribution in [-0.4, -0.2) is 28.5 Å². The zero-order chi connectivity index (χ0) is 22.0. The molecule has 0 radical (unpaired) electrons. The maximum atomic E-state index is 11.5. The van der Waals surface area contributed by atoms with Gasteiger partial charge in [0.2, 0.25) is 0 Å². The van der Waals surface area contributed by atoms with Gasteiger partial charge >= 0.3 is 0 Å². The predicted molar refractivity (Wildman–Crippen MR) is 124 cm³/mol. The number of benzene rings is 2. The monoisotopic (exact) mass is 434 g/mol. The number of nitrogens with one attached hydrogen (secondary N) is 1. The lowest BCUT2D eigenvalue weighted by Crippen LogP contribution is -2.17. The number of amidine groups is 1. The van der Waals surface area contributed by atoms with Crippen LogP contribution in [-0.2, 0) is 19.5 Å². The normalized spacial score (nSPS) is 12.5. The summed E-state index contributed by atoms with van der Waals surface area (Å²) in [6.45, 7) is 7.08. The average molecular weight is 435 g/mol. The molecule has 0 bridgehead atoms. The zero-order valence-electron chi connectivity index (χ0n) is 18.2. The number of ketones is 1. The third-order valence-electron chi connectivity index (χ3n) is 5.40. The molecular weight excluding hydrogens is 408 g/mol. The Bertz CT molecular complexity index is 1170. The fraction of sp³-hybridized carbons (Fsp3) is 0.292. The third-order valence-corrected chi connectivity index (χ3v) is 6.23. The molecule has 0 atom stereocenters. The molecule has 0 unspecified atom stereocenters. The summed E-state index contributed by atoms with van der Waals surface area (Å²) in [5, 5.41) is 4.30. The Hall–Kier alpha value is -3.06. The fourth-order valence-electron chi connectivity index (χ4n) is 3.77. The highest BCUT2D eigenvalue weighted by Gasteiger charge is 2.20. The Morgan fingerprint density at radius 1 is 1.26 bits per heavy atom. The van der Waals surface area contributed by atoms with Gasteiger partial charge in [-0.3, -0.25) is 14.5 Å². The molecule has 0 spiro atoms. The van der Waals surface area contributed by atoms with Crippen LogP contribution in [0.4, 0.5) is 0 Å². The molecule has 1 N–H and O–H groups in total. The van der Waals surface area contributed by atoms with E-state index < -0.39 is 0 Å². The second-order valence-electron chi connectivity index (χ2n) is 7.64. The summed E-state index contributed by atoms with van der Waals surface area (Å²) in [6.07, 6.45) is 4.39. The maximum absolute atomic E-state index is 11.5. The number of rotatable bonds is 7. The van der Waals surface area contributed by atoms with Gasteiger partial charge in [-0.1, -0.05) is 25.1 Å². The lowest BCUT2D eigenvalue weighted by Gasteiger charge is -2.14. The van der Waals surface area contributed by atoms with Crippen LogP contribution in [0.5, 0.6) is 5.75 Å². The van der Waals surface area contributed by atoms with E-state index in [0.29, 0.717) is 18.7 Å². The predicted octanol–water partition coefficient (Wildman–Crippen LogP) is 4.57. The first kappa shape index (κ1) is 21.2. The summed E-state index contributed by atoms with van der Waals surface area (Å²) >= 11 is 1.53. The van der Waals surface area contributed by atoms with Gasteiger partial charge < -0.3 is 9.46 Å². The minimum atomic E-state index is 0.0269. The molecule has 6 nitrogen and oxygen atoms in total. The molecule has 31 heavy (non-hydrogen) atoms. The van der Waals surface area contributed by atoms with E-state index in [1.165, 1.54) is 28.6 Å². The minimum Gasteiger partial charge on any atom is -0.496 e. The summed E-state index contributed by atoms with van der Waals surface area (Å²) in [5.41, 5.74) is 6.58. The van der Waals surface area contributed by atoms with Crippen LogP contribution in [0, 0.1) is 6.92 Å². The van der Waals surface area contributed by atoms with E-state index >= 15 is 0 Å². The van der Waals surface area contributed by atoms with Crippen LogP contribution in [0.2, 0.25) is 0 Å². The van der Waals surface area contributed by atoms with Crippen molar-refractivity contribution in [1.82, 2.24) is 14.5 Å². The van der Waals surface area contributed by atoms with E-state index in [2.05, 4.69) is 47.9 Å². The number of aryl methyl sites for hydroxylation is 2. The summed E-state index contributed by atoms with van der Waals surface area (Å²) in [7, 11) is 1.69. The van der Waals surface area contributed by atoms with Crippen molar-refractivity contribution in [2.75, 3.05) is 7.11 Å². The van der Waals surface area contributed by atoms with Crippen LogP contribution in [0.3, 0.4) is 0 Å². The topological polar surface area (TPSA) is 68.5 Å². The molecule has 1 aliphatic heterocycles. The first-order valence-electron chi connectivity index (χ1n) is 10.3. The smallest absolute Gasteiger partial charge is 0.162 e. The van der Waals surface area contributed by atoms with Gasteiger partial charge in [-0.25, -0.2) is 0 Å².